The molecule has 0 spiro atoms. The molecule has 0 radical (unpaired) electrons. The van der Waals surface area contributed by atoms with Crippen molar-refractivity contribution in [3.8, 4) is 0 Å². The van der Waals surface area contributed by atoms with Crippen LogP contribution in [0.4, 0.5) is 0 Å². The standard InChI is InChI=1S/C15H29N/c1-2-3-4-5-10-13-15(16)14-11-8-6-7-9-12-14/h2,14-15H,1,3-13,16H2. The summed E-state index contributed by atoms with van der Waals surface area (Å²) in [6, 6.07) is 0.474. The molecule has 1 heteroatoms. The van der Waals surface area contributed by atoms with Crippen molar-refractivity contribution in [2.45, 2.75) is 76.7 Å². The molecule has 16 heavy (non-hydrogen) atoms. The van der Waals surface area contributed by atoms with Crippen molar-refractivity contribution < 1.29 is 0 Å². The summed E-state index contributed by atoms with van der Waals surface area (Å²) in [5.74, 6) is 0.821. The lowest BCUT2D eigenvalue weighted by Crippen LogP contribution is -2.29. The van der Waals surface area contributed by atoms with Crippen LogP contribution in [0.2, 0.25) is 0 Å². The van der Waals surface area contributed by atoms with Crippen molar-refractivity contribution in [3.63, 3.8) is 0 Å². The number of allylic oxidation sites excluding steroid dienone is 1. The Labute approximate surface area is 101 Å². The minimum atomic E-state index is 0.474. The second kappa shape index (κ2) is 8.81. The maximum absolute atomic E-state index is 6.31. The molecule has 1 unspecified atom stereocenters. The molecule has 1 atom stereocenters. The number of rotatable bonds is 7. The molecule has 0 saturated heterocycles. The van der Waals surface area contributed by atoms with Crippen LogP contribution in [-0.2, 0) is 0 Å². The molecule has 0 bridgehead atoms. The monoisotopic (exact) mass is 223 g/mol. The largest absolute Gasteiger partial charge is 0.327 e. The lowest BCUT2D eigenvalue weighted by Gasteiger charge is -2.22. The molecule has 1 nitrogen and oxygen atoms in total. The predicted molar refractivity (Wildman–Crippen MR) is 72.4 cm³/mol. The lowest BCUT2D eigenvalue weighted by atomic mass is 9.89. The van der Waals surface area contributed by atoms with E-state index in [-0.39, 0.29) is 0 Å². The summed E-state index contributed by atoms with van der Waals surface area (Å²) in [6.07, 6.45) is 16.8. The first kappa shape index (κ1) is 13.8. The molecule has 0 heterocycles. The van der Waals surface area contributed by atoms with Crippen molar-refractivity contribution in [3.05, 3.63) is 12.7 Å². The van der Waals surface area contributed by atoms with Gasteiger partial charge in [0.2, 0.25) is 0 Å². The van der Waals surface area contributed by atoms with Gasteiger partial charge in [-0.1, -0.05) is 44.6 Å². The second-order valence-electron chi connectivity index (χ2n) is 5.34. The normalized spacial score (nSPS) is 20.3. The fourth-order valence-corrected chi connectivity index (χ4v) is 2.82. The number of hydrogen-bond acceptors (Lipinski definition) is 1. The van der Waals surface area contributed by atoms with E-state index in [0.717, 1.165) is 5.92 Å². The highest BCUT2D eigenvalue weighted by molar-refractivity contribution is 4.75. The Morgan fingerprint density at radius 3 is 2.38 bits per heavy atom. The SMILES string of the molecule is C=CCCCCCC(N)C1CCCCCC1. The van der Waals surface area contributed by atoms with Crippen LogP contribution in [0.1, 0.15) is 70.6 Å². The molecule has 1 aliphatic rings. The van der Waals surface area contributed by atoms with Crippen LogP contribution in [0.5, 0.6) is 0 Å². The molecule has 0 aliphatic heterocycles. The molecule has 1 fully saturated rings. The molecule has 1 rings (SSSR count). The quantitative estimate of drug-likeness (QED) is 0.386. The molecule has 2 N–H and O–H groups in total. The Balaban J connectivity index is 2.07. The summed E-state index contributed by atoms with van der Waals surface area (Å²) in [4.78, 5) is 0. The zero-order valence-electron chi connectivity index (χ0n) is 10.8. The Morgan fingerprint density at radius 2 is 1.75 bits per heavy atom. The van der Waals surface area contributed by atoms with Crippen molar-refractivity contribution in [1.82, 2.24) is 0 Å². The van der Waals surface area contributed by atoms with E-state index in [2.05, 4.69) is 6.58 Å². The van der Waals surface area contributed by atoms with Crippen LogP contribution >= 0.6 is 0 Å². The van der Waals surface area contributed by atoms with Crippen LogP contribution in [0.25, 0.3) is 0 Å². The van der Waals surface area contributed by atoms with E-state index in [1.54, 1.807) is 0 Å². The molecule has 0 amide bonds. The summed E-state index contributed by atoms with van der Waals surface area (Å²) in [5.41, 5.74) is 6.31. The number of hydrogen-bond donors (Lipinski definition) is 1. The summed E-state index contributed by atoms with van der Waals surface area (Å²) in [6.45, 7) is 3.75. The van der Waals surface area contributed by atoms with Crippen LogP contribution in [-0.4, -0.2) is 6.04 Å². The van der Waals surface area contributed by atoms with Crippen LogP contribution in [0.15, 0.2) is 12.7 Å². The van der Waals surface area contributed by atoms with Crippen LogP contribution in [0.3, 0.4) is 0 Å². The van der Waals surface area contributed by atoms with Gasteiger partial charge in [0.1, 0.15) is 0 Å². The van der Waals surface area contributed by atoms with Crippen LogP contribution < -0.4 is 5.73 Å². The molecule has 0 aromatic rings. The fraction of sp³-hybridized carbons (Fsp3) is 0.867. The predicted octanol–water partition coefficient (Wildman–Crippen LogP) is 4.42. The highest BCUT2D eigenvalue weighted by atomic mass is 14.6. The van der Waals surface area contributed by atoms with Gasteiger partial charge in [0.15, 0.2) is 0 Å². The molecular formula is C15H29N. The zero-order valence-corrected chi connectivity index (χ0v) is 10.8. The van der Waals surface area contributed by atoms with Gasteiger partial charge < -0.3 is 5.73 Å². The number of unbranched alkanes of at least 4 members (excludes halogenated alkanes) is 3. The second-order valence-corrected chi connectivity index (χ2v) is 5.34. The molecule has 0 aromatic carbocycles. The van der Waals surface area contributed by atoms with Gasteiger partial charge >= 0.3 is 0 Å². The van der Waals surface area contributed by atoms with E-state index in [4.69, 9.17) is 5.73 Å². The third-order valence-corrected chi connectivity index (χ3v) is 3.95. The molecule has 94 valence electrons. The van der Waals surface area contributed by atoms with Crippen LogP contribution in [0, 0.1) is 5.92 Å². The zero-order chi connectivity index (χ0) is 11.6. The first-order chi connectivity index (χ1) is 7.84. The van der Waals surface area contributed by atoms with Gasteiger partial charge in [0.25, 0.3) is 0 Å². The Hall–Kier alpha value is -0.300. The van der Waals surface area contributed by atoms with Crippen molar-refractivity contribution in [2.24, 2.45) is 11.7 Å². The average molecular weight is 223 g/mol. The molecular weight excluding hydrogens is 194 g/mol. The van der Waals surface area contributed by atoms with E-state index in [1.807, 2.05) is 6.08 Å². The fourth-order valence-electron chi connectivity index (χ4n) is 2.82. The van der Waals surface area contributed by atoms with E-state index < -0.39 is 0 Å². The van der Waals surface area contributed by atoms with E-state index in [9.17, 15) is 0 Å². The molecule has 0 aromatic heterocycles. The van der Waals surface area contributed by atoms with Gasteiger partial charge in [-0.15, -0.1) is 6.58 Å². The Kier molecular flexibility index (Phi) is 7.58. The summed E-state index contributed by atoms with van der Waals surface area (Å²) in [5, 5.41) is 0. The van der Waals surface area contributed by atoms with Gasteiger partial charge in [-0.2, -0.15) is 0 Å². The van der Waals surface area contributed by atoms with Gasteiger partial charge in [-0.3, -0.25) is 0 Å². The minimum absolute atomic E-state index is 0.474. The van der Waals surface area contributed by atoms with Gasteiger partial charge in [-0.05, 0) is 38.0 Å². The highest BCUT2D eigenvalue weighted by Crippen LogP contribution is 2.26. The number of nitrogens with two attached hydrogens (primary N) is 1. The first-order valence-corrected chi connectivity index (χ1v) is 7.21. The van der Waals surface area contributed by atoms with Crippen molar-refractivity contribution in [2.75, 3.05) is 0 Å². The maximum Gasteiger partial charge on any atom is 0.00671 e. The summed E-state index contributed by atoms with van der Waals surface area (Å²) >= 11 is 0. The topological polar surface area (TPSA) is 26.0 Å². The third kappa shape index (κ3) is 5.69. The average Bonchev–Trinajstić information content (AvgIpc) is 2.57. The lowest BCUT2D eigenvalue weighted by molar-refractivity contribution is 0.350. The first-order valence-electron chi connectivity index (χ1n) is 7.21. The minimum Gasteiger partial charge on any atom is -0.327 e. The Bertz CT molecular complexity index is 168. The third-order valence-electron chi connectivity index (χ3n) is 3.95. The van der Waals surface area contributed by atoms with E-state index in [1.165, 1.54) is 70.6 Å². The van der Waals surface area contributed by atoms with Gasteiger partial charge in [-0.25, -0.2) is 0 Å². The van der Waals surface area contributed by atoms with Crippen molar-refractivity contribution in [1.29, 1.82) is 0 Å². The summed E-state index contributed by atoms with van der Waals surface area (Å²) in [7, 11) is 0. The van der Waals surface area contributed by atoms with E-state index in [0.29, 0.717) is 6.04 Å². The molecule has 1 aliphatic carbocycles. The maximum atomic E-state index is 6.31. The molecule has 1 saturated carbocycles. The highest BCUT2D eigenvalue weighted by Gasteiger charge is 2.18. The smallest absolute Gasteiger partial charge is 0.00671 e. The Morgan fingerprint density at radius 1 is 1.06 bits per heavy atom. The summed E-state index contributed by atoms with van der Waals surface area (Å²) < 4.78 is 0. The van der Waals surface area contributed by atoms with Crippen molar-refractivity contribution >= 4 is 0 Å². The van der Waals surface area contributed by atoms with E-state index >= 15 is 0 Å². The van der Waals surface area contributed by atoms with Gasteiger partial charge in [0.05, 0.1) is 0 Å². The van der Waals surface area contributed by atoms with Gasteiger partial charge in [0, 0.05) is 6.04 Å².